The molecule has 4 aromatic rings. The number of fused-ring (bicyclic) bond motifs is 2. The van der Waals surface area contributed by atoms with Gasteiger partial charge in [0.05, 0.1) is 18.6 Å². The van der Waals surface area contributed by atoms with Gasteiger partial charge in [0.1, 0.15) is 23.8 Å². The Kier molecular flexibility index (Phi) is 8.97. The van der Waals surface area contributed by atoms with Crippen molar-refractivity contribution in [3.63, 3.8) is 0 Å². The van der Waals surface area contributed by atoms with Crippen LogP contribution >= 0.6 is 15.9 Å². The highest BCUT2D eigenvalue weighted by Gasteiger charge is 2.50. The molecule has 0 aliphatic carbocycles. The fourth-order valence-electron chi connectivity index (χ4n) is 6.49. The summed E-state index contributed by atoms with van der Waals surface area (Å²) >= 11 is 3.51. The summed E-state index contributed by atoms with van der Waals surface area (Å²) in [7, 11) is 5.60. The van der Waals surface area contributed by atoms with Crippen LogP contribution in [0.3, 0.4) is 0 Å². The van der Waals surface area contributed by atoms with Crippen LogP contribution in [0.4, 0.5) is 5.82 Å². The van der Waals surface area contributed by atoms with Crippen molar-refractivity contribution in [3.8, 4) is 5.75 Å². The third-order valence-electron chi connectivity index (χ3n) is 8.64. The lowest BCUT2D eigenvalue weighted by Gasteiger charge is -2.54. The number of halogens is 1. The fourth-order valence-corrected chi connectivity index (χ4v) is 6.93. The minimum atomic E-state index is -0.832. The Hall–Kier alpha value is -4.48. The van der Waals surface area contributed by atoms with Crippen molar-refractivity contribution in [2.24, 2.45) is 0 Å². The van der Waals surface area contributed by atoms with Crippen molar-refractivity contribution < 1.29 is 19.5 Å². The van der Waals surface area contributed by atoms with E-state index >= 15 is 0 Å². The lowest BCUT2D eigenvalue weighted by Crippen LogP contribution is -2.75. The van der Waals surface area contributed by atoms with E-state index in [9.17, 15) is 19.5 Å². The highest BCUT2D eigenvalue weighted by molar-refractivity contribution is 9.10. The average Bonchev–Trinajstić information content (AvgIpc) is 3.02. The largest absolute Gasteiger partial charge is 0.508 e. The van der Waals surface area contributed by atoms with Gasteiger partial charge in [0.15, 0.2) is 0 Å². The molecular formula is C35H37BrN6O4. The number of carbonyl (C=O) groups excluding carboxylic acids is 3. The molecule has 1 unspecified atom stereocenters. The monoisotopic (exact) mass is 684 g/mol. The topological polar surface area (TPSA) is 101 Å². The van der Waals surface area contributed by atoms with Crippen molar-refractivity contribution >= 4 is 50.4 Å². The molecule has 6 rings (SSSR count). The number of rotatable bonds is 8. The number of amides is 3. The highest BCUT2D eigenvalue weighted by Crippen LogP contribution is 2.31. The molecule has 238 valence electrons. The van der Waals surface area contributed by atoms with Crippen molar-refractivity contribution in [1.29, 1.82) is 0 Å². The number of hydrazine groups is 1. The summed E-state index contributed by atoms with van der Waals surface area (Å²) in [6.07, 6.45) is 0.350. The molecule has 0 saturated carbocycles. The lowest BCUT2D eigenvalue weighted by molar-refractivity contribution is -0.202. The maximum Gasteiger partial charge on any atom is 0.246 e. The zero-order chi connectivity index (χ0) is 32.5. The van der Waals surface area contributed by atoms with Gasteiger partial charge in [-0.05, 0) is 53.9 Å². The SMILES string of the molecule is CN(C)c1nc2ccccc2cc1CN1CC2N(C(=O)CN(C)N2C(=O)CCc2cccc(Br)c2)[C@@H](Cc2ccc(O)cc2)C1=O. The number of hydrogen-bond acceptors (Lipinski definition) is 7. The number of piperazine rings is 1. The van der Waals surface area contributed by atoms with Crippen molar-refractivity contribution in [2.75, 3.05) is 39.1 Å². The summed E-state index contributed by atoms with van der Waals surface area (Å²) in [5.41, 5.74) is 3.56. The van der Waals surface area contributed by atoms with Crippen LogP contribution in [0, 0.1) is 0 Å². The summed E-state index contributed by atoms with van der Waals surface area (Å²) in [4.78, 5) is 52.2. The predicted molar refractivity (Wildman–Crippen MR) is 180 cm³/mol. The molecule has 3 amide bonds. The van der Waals surface area contributed by atoms with E-state index in [2.05, 4.69) is 22.0 Å². The van der Waals surface area contributed by atoms with E-state index in [-0.39, 0.29) is 55.9 Å². The van der Waals surface area contributed by atoms with Gasteiger partial charge in [-0.25, -0.2) is 9.99 Å². The number of carbonyl (C=O) groups is 3. The molecule has 0 spiro atoms. The molecule has 2 aliphatic rings. The molecule has 2 saturated heterocycles. The van der Waals surface area contributed by atoms with Gasteiger partial charge in [0, 0.05) is 56.0 Å². The first-order chi connectivity index (χ1) is 22.1. The van der Waals surface area contributed by atoms with Crippen molar-refractivity contribution in [2.45, 2.75) is 38.0 Å². The summed E-state index contributed by atoms with van der Waals surface area (Å²) < 4.78 is 0.947. The molecule has 2 fully saturated rings. The molecular weight excluding hydrogens is 648 g/mol. The summed E-state index contributed by atoms with van der Waals surface area (Å²) in [6.45, 7) is 0.403. The number of phenols is 1. The van der Waals surface area contributed by atoms with Crippen LogP contribution in [0.15, 0.2) is 83.3 Å². The first-order valence-corrected chi connectivity index (χ1v) is 16.1. The molecule has 3 aromatic carbocycles. The number of pyridine rings is 1. The van der Waals surface area contributed by atoms with Crippen LogP contribution in [-0.4, -0.2) is 94.1 Å². The fraction of sp³-hybridized carbons (Fsp3) is 0.314. The highest BCUT2D eigenvalue weighted by atomic mass is 79.9. The van der Waals surface area contributed by atoms with Gasteiger partial charge in [-0.1, -0.05) is 58.4 Å². The van der Waals surface area contributed by atoms with Crippen LogP contribution in [0.2, 0.25) is 0 Å². The number of phenolic OH excluding ortho intramolecular Hbond substituents is 1. The normalized spacial score (nSPS) is 18.7. The van der Waals surface area contributed by atoms with Crippen molar-refractivity contribution in [3.05, 3.63) is 100 Å². The molecule has 2 atom stereocenters. The third kappa shape index (κ3) is 6.43. The van der Waals surface area contributed by atoms with Gasteiger partial charge in [0.25, 0.3) is 0 Å². The van der Waals surface area contributed by atoms with Gasteiger partial charge in [0.2, 0.25) is 17.7 Å². The van der Waals surface area contributed by atoms with Crippen LogP contribution in [0.1, 0.15) is 23.1 Å². The second-order valence-electron chi connectivity index (χ2n) is 12.1. The van der Waals surface area contributed by atoms with Gasteiger partial charge in [-0.2, -0.15) is 0 Å². The van der Waals surface area contributed by atoms with E-state index in [4.69, 9.17) is 4.98 Å². The second kappa shape index (κ2) is 13.1. The smallest absolute Gasteiger partial charge is 0.246 e. The minimum absolute atomic E-state index is 0.0160. The Balaban J connectivity index is 1.36. The molecule has 1 N–H and O–H groups in total. The van der Waals surface area contributed by atoms with Crippen LogP contribution < -0.4 is 4.90 Å². The molecule has 0 bridgehead atoms. The maximum atomic E-state index is 14.4. The van der Waals surface area contributed by atoms with Crippen LogP contribution in [-0.2, 0) is 33.8 Å². The molecule has 10 nitrogen and oxygen atoms in total. The molecule has 2 aliphatic heterocycles. The zero-order valence-electron chi connectivity index (χ0n) is 26.1. The van der Waals surface area contributed by atoms with Gasteiger partial charge < -0.3 is 19.8 Å². The number of aromatic nitrogens is 1. The zero-order valence-corrected chi connectivity index (χ0v) is 27.7. The number of anilines is 1. The number of benzene rings is 3. The van der Waals surface area contributed by atoms with Gasteiger partial charge in [-0.15, -0.1) is 0 Å². The van der Waals surface area contributed by atoms with E-state index in [0.717, 1.165) is 37.9 Å². The van der Waals surface area contributed by atoms with Crippen LogP contribution in [0.5, 0.6) is 5.75 Å². The Morgan fingerprint density at radius 1 is 1.00 bits per heavy atom. The molecule has 46 heavy (non-hydrogen) atoms. The van der Waals surface area contributed by atoms with E-state index in [1.165, 1.54) is 0 Å². The Morgan fingerprint density at radius 2 is 1.76 bits per heavy atom. The second-order valence-corrected chi connectivity index (χ2v) is 13.0. The lowest BCUT2D eigenvalue weighted by atomic mass is 9.98. The number of aryl methyl sites for hydroxylation is 1. The standard InChI is InChI=1S/C35H37BrN6O4/c1-38(2)34-26(19-25-8-4-5-10-29(25)37-34)20-40-21-31-41(30(35(40)46)18-24-11-14-28(43)15-12-24)33(45)22-39(3)42(31)32(44)16-13-23-7-6-9-27(36)17-23/h4-12,14-15,17,19,30-31,43H,13,16,18,20-22H2,1-3H3/t30-,31?/m0/s1. The van der Waals surface area contributed by atoms with Gasteiger partial charge in [-0.3, -0.25) is 19.4 Å². The Bertz CT molecular complexity index is 1780. The van der Waals surface area contributed by atoms with E-state index < -0.39 is 12.2 Å². The molecule has 0 radical (unpaired) electrons. The van der Waals surface area contributed by atoms with E-state index in [1.807, 2.05) is 67.5 Å². The number of hydrogen-bond donors (Lipinski definition) is 1. The predicted octanol–water partition coefficient (Wildman–Crippen LogP) is 4.20. The Morgan fingerprint density at radius 3 is 2.50 bits per heavy atom. The maximum absolute atomic E-state index is 14.4. The number of para-hydroxylation sites is 1. The first kappa shape index (κ1) is 31.5. The molecule has 11 heteroatoms. The molecule has 3 heterocycles. The number of nitrogens with zero attached hydrogens (tertiary/aromatic N) is 6. The van der Waals surface area contributed by atoms with Gasteiger partial charge >= 0.3 is 0 Å². The number of aromatic hydroxyl groups is 1. The summed E-state index contributed by atoms with van der Waals surface area (Å²) in [5.74, 6) is 0.353. The molecule has 1 aromatic heterocycles. The van der Waals surface area contributed by atoms with Crippen LogP contribution in [0.25, 0.3) is 10.9 Å². The minimum Gasteiger partial charge on any atom is -0.508 e. The van der Waals surface area contributed by atoms with Crippen molar-refractivity contribution in [1.82, 2.24) is 24.8 Å². The summed E-state index contributed by atoms with van der Waals surface area (Å²) in [6, 6.07) is 23.6. The Labute approximate surface area is 276 Å². The average molecular weight is 686 g/mol. The first-order valence-electron chi connectivity index (χ1n) is 15.3. The third-order valence-corrected chi connectivity index (χ3v) is 9.14. The van der Waals surface area contributed by atoms with E-state index in [0.29, 0.717) is 6.42 Å². The van der Waals surface area contributed by atoms with E-state index in [1.54, 1.807) is 51.1 Å². The quantitative estimate of drug-likeness (QED) is 0.297. The summed E-state index contributed by atoms with van der Waals surface area (Å²) in [5, 5.41) is 14.2. The number of likely N-dealkylation sites (N-methyl/N-ethyl adjacent to an activating group) is 1.